The van der Waals surface area contributed by atoms with Crippen molar-refractivity contribution in [1.29, 1.82) is 0 Å². The molecule has 2 aliphatic rings. The molecule has 22 heavy (non-hydrogen) atoms. The molecule has 0 radical (unpaired) electrons. The van der Waals surface area contributed by atoms with Crippen molar-refractivity contribution in [1.82, 2.24) is 19.4 Å². The van der Waals surface area contributed by atoms with Gasteiger partial charge >= 0.3 is 0 Å². The summed E-state index contributed by atoms with van der Waals surface area (Å²) < 4.78 is 2.44. The number of imidazole rings is 1. The normalized spacial score (nSPS) is 26.2. The average molecular weight is 316 g/mol. The fourth-order valence-corrected chi connectivity index (χ4v) is 5.17. The molecule has 2 saturated heterocycles. The van der Waals surface area contributed by atoms with Crippen molar-refractivity contribution >= 4 is 22.9 Å². The minimum atomic E-state index is 0.480. The van der Waals surface area contributed by atoms with Gasteiger partial charge < -0.3 is 4.57 Å². The van der Waals surface area contributed by atoms with E-state index in [0.717, 1.165) is 30.2 Å². The Morgan fingerprint density at radius 2 is 2.32 bits per heavy atom. The summed E-state index contributed by atoms with van der Waals surface area (Å²) in [5.41, 5.74) is 2.14. The lowest BCUT2D eigenvalue weighted by Crippen LogP contribution is -2.26. The number of hydrogen-bond donors (Lipinski definition) is 0. The molecule has 4 heterocycles. The number of hydrogen-bond acceptors (Lipinski definition) is 4. The van der Waals surface area contributed by atoms with Crippen molar-refractivity contribution in [3.05, 3.63) is 24.2 Å². The molecule has 4 rings (SSSR count). The van der Waals surface area contributed by atoms with Crippen molar-refractivity contribution in [3.8, 4) is 0 Å². The predicted octanol–water partition coefficient (Wildman–Crippen LogP) is 3.34. The van der Waals surface area contributed by atoms with Gasteiger partial charge in [0.1, 0.15) is 11.3 Å². The van der Waals surface area contributed by atoms with Gasteiger partial charge in [0.2, 0.25) is 0 Å². The van der Waals surface area contributed by atoms with Gasteiger partial charge in [0, 0.05) is 12.7 Å². The molecule has 0 amide bonds. The van der Waals surface area contributed by atoms with Crippen molar-refractivity contribution < 1.29 is 0 Å². The molecule has 0 N–H and O–H groups in total. The van der Waals surface area contributed by atoms with Crippen LogP contribution in [0.2, 0.25) is 0 Å². The van der Waals surface area contributed by atoms with Gasteiger partial charge in [0.05, 0.1) is 6.04 Å². The van der Waals surface area contributed by atoms with Gasteiger partial charge in [-0.1, -0.05) is 6.92 Å². The highest BCUT2D eigenvalue weighted by Crippen LogP contribution is 2.34. The minimum Gasteiger partial charge on any atom is -0.311 e. The highest BCUT2D eigenvalue weighted by Gasteiger charge is 2.30. The molecule has 2 unspecified atom stereocenters. The molecule has 118 valence electrons. The second kappa shape index (κ2) is 6.20. The lowest BCUT2D eigenvalue weighted by molar-refractivity contribution is 0.254. The number of rotatable bonds is 4. The number of thioether (sulfide) groups is 1. The van der Waals surface area contributed by atoms with E-state index in [-0.39, 0.29) is 0 Å². The minimum absolute atomic E-state index is 0.480. The number of pyridine rings is 1. The van der Waals surface area contributed by atoms with E-state index in [1.165, 1.54) is 43.1 Å². The van der Waals surface area contributed by atoms with E-state index < -0.39 is 0 Å². The third-order valence-corrected chi connectivity index (χ3v) is 6.30. The second-order valence-corrected chi connectivity index (χ2v) is 7.59. The zero-order valence-electron chi connectivity index (χ0n) is 13.2. The molecule has 0 saturated carbocycles. The zero-order valence-corrected chi connectivity index (χ0v) is 14.1. The number of fused-ring (bicyclic) bond motifs is 1. The molecular weight excluding hydrogens is 292 g/mol. The molecule has 2 fully saturated rings. The van der Waals surface area contributed by atoms with E-state index >= 15 is 0 Å². The van der Waals surface area contributed by atoms with Crippen LogP contribution < -0.4 is 0 Å². The van der Waals surface area contributed by atoms with Gasteiger partial charge in [-0.3, -0.25) is 4.90 Å². The monoisotopic (exact) mass is 316 g/mol. The molecule has 2 aromatic rings. The van der Waals surface area contributed by atoms with Gasteiger partial charge in [0.15, 0.2) is 5.65 Å². The smallest absolute Gasteiger partial charge is 0.160 e. The van der Waals surface area contributed by atoms with Crippen LogP contribution in [0.15, 0.2) is 18.3 Å². The summed E-state index contributed by atoms with van der Waals surface area (Å²) in [6.45, 7) is 5.67. The molecular formula is C17H24N4S. The Morgan fingerprint density at radius 1 is 1.36 bits per heavy atom. The Balaban J connectivity index is 1.75. The van der Waals surface area contributed by atoms with Crippen LogP contribution in [0.4, 0.5) is 0 Å². The largest absolute Gasteiger partial charge is 0.311 e. The SMILES string of the molecule is CCN1CCCC1c1nc2cccnc2n1CC1CCSC1. The Morgan fingerprint density at radius 3 is 3.14 bits per heavy atom. The number of likely N-dealkylation sites (tertiary alicyclic amines) is 1. The summed E-state index contributed by atoms with van der Waals surface area (Å²) in [5.74, 6) is 4.63. The second-order valence-electron chi connectivity index (χ2n) is 6.44. The summed E-state index contributed by atoms with van der Waals surface area (Å²) in [4.78, 5) is 12.2. The van der Waals surface area contributed by atoms with Crippen LogP contribution in [-0.4, -0.2) is 44.0 Å². The van der Waals surface area contributed by atoms with E-state index in [1.54, 1.807) is 0 Å². The Labute approximate surface area is 136 Å². The third-order valence-electron chi connectivity index (χ3n) is 5.07. The molecule has 2 aliphatic heterocycles. The van der Waals surface area contributed by atoms with E-state index in [9.17, 15) is 0 Å². The molecule has 0 aromatic carbocycles. The highest BCUT2D eigenvalue weighted by atomic mass is 32.2. The molecule has 4 nitrogen and oxygen atoms in total. The van der Waals surface area contributed by atoms with E-state index in [4.69, 9.17) is 4.98 Å². The quantitative estimate of drug-likeness (QED) is 0.866. The first-order valence-electron chi connectivity index (χ1n) is 8.49. The van der Waals surface area contributed by atoms with E-state index in [1.807, 2.05) is 12.3 Å². The zero-order chi connectivity index (χ0) is 14.9. The maximum absolute atomic E-state index is 4.99. The van der Waals surface area contributed by atoms with E-state index in [2.05, 4.69) is 39.2 Å². The van der Waals surface area contributed by atoms with Gasteiger partial charge in [0.25, 0.3) is 0 Å². The van der Waals surface area contributed by atoms with Gasteiger partial charge in [-0.15, -0.1) is 0 Å². The van der Waals surface area contributed by atoms with Crippen molar-refractivity contribution in [3.63, 3.8) is 0 Å². The molecule has 2 atom stereocenters. The first kappa shape index (κ1) is 14.5. The van der Waals surface area contributed by atoms with Gasteiger partial charge in [-0.05, 0) is 61.9 Å². The number of nitrogens with zero attached hydrogens (tertiary/aromatic N) is 4. The van der Waals surface area contributed by atoms with Crippen molar-refractivity contribution in [2.75, 3.05) is 24.6 Å². The summed E-state index contributed by atoms with van der Waals surface area (Å²) in [5, 5.41) is 0. The first-order chi connectivity index (χ1) is 10.9. The third kappa shape index (κ3) is 2.54. The summed E-state index contributed by atoms with van der Waals surface area (Å²) >= 11 is 2.09. The summed E-state index contributed by atoms with van der Waals surface area (Å²) in [7, 11) is 0. The van der Waals surface area contributed by atoms with Crippen LogP contribution in [0.5, 0.6) is 0 Å². The van der Waals surface area contributed by atoms with Gasteiger partial charge in [-0.25, -0.2) is 9.97 Å². The first-order valence-corrected chi connectivity index (χ1v) is 9.65. The fraction of sp³-hybridized carbons (Fsp3) is 0.647. The maximum atomic E-state index is 4.99. The Bertz CT molecular complexity index is 647. The van der Waals surface area contributed by atoms with Crippen LogP contribution >= 0.6 is 11.8 Å². The van der Waals surface area contributed by atoms with Crippen molar-refractivity contribution in [2.24, 2.45) is 5.92 Å². The molecule has 0 spiro atoms. The standard InChI is InChI=1S/C17H24N4S/c1-2-20-9-4-6-15(20)17-19-14-5-3-8-18-16(14)21(17)11-13-7-10-22-12-13/h3,5,8,13,15H,2,4,6-7,9-12H2,1H3. The Hall–Kier alpha value is -1.07. The molecule has 0 bridgehead atoms. The van der Waals surface area contributed by atoms with Crippen LogP contribution in [0.3, 0.4) is 0 Å². The Kier molecular flexibility index (Phi) is 4.09. The van der Waals surface area contributed by atoms with Crippen LogP contribution in [-0.2, 0) is 6.54 Å². The maximum Gasteiger partial charge on any atom is 0.160 e. The van der Waals surface area contributed by atoms with Crippen molar-refractivity contribution in [2.45, 2.75) is 38.8 Å². The lowest BCUT2D eigenvalue weighted by Gasteiger charge is -2.24. The summed E-state index contributed by atoms with van der Waals surface area (Å²) in [6, 6.07) is 4.59. The van der Waals surface area contributed by atoms with Gasteiger partial charge in [-0.2, -0.15) is 11.8 Å². The van der Waals surface area contributed by atoms with E-state index in [0.29, 0.717) is 6.04 Å². The van der Waals surface area contributed by atoms with Crippen LogP contribution in [0.1, 0.15) is 38.1 Å². The average Bonchev–Trinajstić information content (AvgIpc) is 3.27. The lowest BCUT2D eigenvalue weighted by atomic mass is 10.1. The topological polar surface area (TPSA) is 34.0 Å². The van der Waals surface area contributed by atoms with Crippen LogP contribution in [0.25, 0.3) is 11.2 Å². The molecule has 0 aliphatic carbocycles. The summed E-state index contributed by atoms with van der Waals surface area (Å²) in [6.07, 6.45) is 5.75. The fourth-order valence-electron chi connectivity index (χ4n) is 3.89. The molecule has 5 heteroatoms. The molecule has 2 aromatic heterocycles. The highest BCUT2D eigenvalue weighted by molar-refractivity contribution is 7.99. The number of aromatic nitrogens is 3. The predicted molar refractivity (Wildman–Crippen MR) is 92.2 cm³/mol. The van der Waals surface area contributed by atoms with Crippen LogP contribution in [0, 0.1) is 5.92 Å².